The summed E-state index contributed by atoms with van der Waals surface area (Å²) >= 11 is 0. The van der Waals surface area contributed by atoms with E-state index in [0.717, 1.165) is 61.8 Å². The summed E-state index contributed by atoms with van der Waals surface area (Å²) in [6.07, 6.45) is 2.23. The second kappa shape index (κ2) is 6.36. The van der Waals surface area contributed by atoms with Crippen LogP contribution in [0.4, 0.5) is 0 Å². The number of aromatic nitrogens is 3. The maximum absolute atomic E-state index is 12.7. The summed E-state index contributed by atoms with van der Waals surface area (Å²) in [7, 11) is 0. The lowest BCUT2D eigenvalue weighted by atomic mass is 9.97. The van der Waals surface area contributed by atoms with Crippen molar-refractivity contribution in [1.82, 2.24) is 25.0 Å². The topological polar surface area (TPSA) is 63.1 Å². The lowest BCUT2D eigenvalue weighted by molar-refractivity contribution is 0.0706. The van der Waals surface area contributed by atoms with Crippen molar-refractivity contribution in [3.8, 4) is 0 Å². The van der Waals surface area contributed by atoms with E-state index in [1.54, 1.807) is 0 Å². The molecule has 6 heteroatoms. The Morgan fingerprint density at radius 2 is 1.88 bits per heavy atom. The second-order valence-electron chi connectivity index (χ2n) is 6.74. The molecular formula is C18H23N5O. The third-order valence-corrected chi connectivity index (χ3v) is 5.07. The molecule has 0 radical (unpaired) electrons. The van der Waals surface area contributed by atoms with E-state index in [9.17, 15) is 4.79 Å². The molecule has 0 spiro atoms. The fourth-order valence-corrected chi connectivity index (χ4v) is 3.61. The van der Waals surface area contributed by atoms with E-state index in [2.05, 4.69) is 20.1 Å². The van der Waals surface area contributed by atoms with Gasteiger partial charge in [-0.05, 0) is 45.0 Å². The van der Waals surface area contributed by atoms with Crippen molar-refractivity contribution < 1.29 is 4.79 Å². The third kappa shape index (κ3) is 2.82. The molecule has 0 atom stereocenters. The van der Waals surface area contributed by atoms with Crippen molar-refractivity contribution in [2.45, 2.75) is 38.8 Å². The molecule has 126 valence electrons. The molecule has 24 heavy (non-hydrogen) atoms. The highest BCUT2D eigenvalue weighted by molar-refractivity contribution is 5.94. The molecular weight excluding hydrogens is 302 g/mol. The van der Waals surface area contributed by atoms with E-state index in [1.165, 1.54) is 0 Å². The highest BCUT2D eigenvalue weighted by atomic mass is 16.2. The van der Waals surface area contributed by atoms with Gasteiger partial charge in [0.25, 0.3) is 5.91 Å². The van der Waals surface area contributed by atoms with Crippen LogP contribution in [0.25, 0.3) is 0 Å². The van der Waals surface area contributed by atoms with Gasteiger partial charge in [0.2, 0.25) is 0 Å². The van der Waals surface area contributed by atoms with E-state index in [0.29, 0.717) is 12.5 Å². The molecule has 6 nitrogen and oxygen atoms in total. The number of fused-ring (bicyclic) bond motifs is 1. The maximum Gasteiger partial charge on any atom is 0.254 e. The minimum atomic E-state index is 0.0765. The largest absolute Gasteiger partial charge is 0.329 e. The number of piperidine rings is 1. The molecule has 1 fully saturated rings. The fraction of sp³-hybridized carbons (Fsp3) is 0.500. The summed E-state index contributed by atoms with van der Waals surface area (Å²) in [4.78, 5) is 14.6. The van der Waals surface area contributed by atoms with Gasteiger partial charge in [-0.15, -0.1) is 10.2 Å². The summed E-state index contributed by atoms with van der Waals surface area (Å²) < 4.78 is 2.23. The van der Waals surface area contributed by atoms with Crippen LogP contribution in [0.1, 0.15) is 46.3 Å². The molecule has 0 aliphatic carbocycles. The number of aryl methyl sites for hydroxylation is 1. The number of nitrogens with one attached hydrogen (secondary N) is 1. The van der Waals surface area contributed by atoms with Crippen LogP contribution in [-0.4, -0.2) is 45.2 Å². The van der Waals surface area contributed by atoms with Crippen molar-refractivity contribution in [3.63, 3.8) is 0 Å². The molecule has 1 amide bonds. The normalized spacial score (nSPS) is 18.5. The van der Waals surface area contributed by atoms with Crippen LogP contribution in [0.3, 0.4) is 0 Å². The average molecular weight is 325 g/mol. The molecule has 0 unspecified atom stereocenters. The van der Waals surface area contributed by atoms with Crippen molar-refractivity contribution >= 4 is 5.91 Å². The van der Waals surface area contributed by atoms with Gasteiger partial charge < -0.3 is 14.8 Å². The number of carbonyl (C=O) groups is 1. The van der Waals surface area contributed by atoms with Crippen molar-refractivity contribution in [2.24, 2.45) is 0 Å². The van der Waals surface area contributed by atoms with Gasteiger partial charge in [-0.1, -0.05) is 17.7 Å². The molecule has 0 bridgehead atoms. The lowest BCUT2D eigenvalue weighted by Gasteiger charge is -2.29. The molecule has 3 heterocycles. The molecule has 1 aromatic carbocycles. The van der Waals surface area contributed by atoms with Crippen LogP contribution >= 0.6 is 0 Å². The molecule has 0 saturated carbocycles. The van der Waals surface area contributed by atoms with Crippen LogP contribution in [-0.2, 0) is 13.1 Å². The average Bonchev–Trinajstić information content (AvgIpc) is 3.05. The number of carbonyl (C=O) groups excluding carboxylic acids is 1. The van der Waals surface area contributed by atoms with E-state index in [1.807, 2.05) is 36.1 Å². The Labute approximate surface area is 141 Å². The van der Waals surface area contributed by atoms with E-state index < -0.39 is 0 Å². The number of rotatable bonds is 2. The van der Waals surface area contributed by atoms with Crippen molar-refractivity contribution in [3.05, 3.63) is 47.0 Å². The Morgan fingerprint density at radius 1 is 1.12 bits per heavy atom. The van der Waals surface area contributed by atoms with Gasteiger partial charge in [0.1, 0.15) is 5.82 Å². The first-order valence-electron chi connectivity index (χ1n) is 8.71. The Balaban J connectivity index is 1.51. The zero-order valence-electron chi connectivity index (χ0n) is 14.0. The zero-order valence-corrected chi connectivity index (χ0v) is 14.0. The SMILES string of the molecule is Cc1ccc(C(=O)N2CCn3c(nnc3C3CCNCC3)C2)cc1. The van der Waals surface area contributed by atoms with Crippen LogP contribution in [0.15, 0.2) is 24.3 Å². The molecule has 1 aromatic heterocycles. The smallest absolute Gasteiger partial charge is 0.254 e. The number of hydrogen-bond donors (Lipinski definition) is 1. The monoisotopic (exact) mass is 325 g/mol. The van der Waals surface area contributed by atoms with Crippen LogP contribution in [0.2, 0.25) is 0 Å². The number of amides is 1. The first-order chi connectivity index (χ1) is 11.7. The first kappa shape index (κ1) is 15.3. The molecule has 1 saturated heterocycles. The molecule has 4 rings (SSSR count). The third-order valence-electron chi connectivity index (χ3n) is 5.07. The summed E-state index contributed by atoms with van der Waals surface area (Å²) in [6.45, 7) is 6.18. The highest BCUT2D eigenvalue weighted by Crippen LogP contribution is 2.26. The predicted molar refractivity (Wildman–Crippen MR) is 90.8 cm³/mol. The molecule has 2 aliphatic heterocycles. The van der Waals surface area contributed by atoms with Crippen LogP contribution in [0, 0.1) is 6.92 Å². The quantitative estimate of drug-likeness (QED) is 0.913. The van der Waals surface area contributed by atoms with Gasteiger partial charge >= 0.3 is 0 Å². The standard InChI is InChI=1S/C18H23N5O/c1-13-2-4-15(5-3-13)18(24)22-10-11-23-16(12-22)20-21-17(23)14-6-8-19-9-7-14/h2-5,14,19H,6-12H2,1H3. The number of hydrogen-bond acceptors (Lipinski definition) is 4. The van der Waals surface area contributed by atoms with Gasteiger partial charge in [-0.2, -0.15) is 0 Å². The van der Waals surface area contributed by atoms with E-state index in [-0.39, 0.29) is 5.91 Å². The highest BCUT2D eigenvalue weighted by Gasteiger charge is 2.28. The first-order valence-corrected chi connectivity index (χ1v) is 8.71. The van der Waals surface area contributed by atoms with Crippen molar-refractivity contribution in [1.29, 1.82) is 0 Å². The second-order valence-corrected chi connectivity index (χ2v) is 6.74. The van der Waals surface area contributed by atoms with Gasteiger partial charge in [-0.25, -0.2) is 0 Å². The Kier molecular flexibility index (Phi) is 4.06. The summed E-state index contributed by atoms with van der Waals surface area (Å²) in [5, 5.41) is 12.2. The maximum atomic E-state index is 12.7. The molecule has 2 aromatic rings. The predicted octanol–water partition coefficient (Wildman–Crippen LogP) is 1.71. The van der Waals surface area contributed by atoms with Gasteiger partial charge in [-0.3, -0.25) is 4.79 Å². The zero-order chi connectivity index (χ0) is 16.5. The molecule has 2 aliphatic rings. The van der Waals surface area contributed by atoms with Gasteiger partial charge in [0, 0.05) is 24.6 Å². The molecule has 1 N–H and O–H groups in total. The van der Waals surface area contributed by atoms with E-state index in [4.69, 9.17) is 0 Å². The van der Waals surface area contributed by atoms with Gasteiger partial charge in [0.05, 0.1) is 6.54 Å². The number of nitrogens with zero attached hydrogens (tertiary/aromatic N) is 4. The lowest BCUT2D eigenvalue weighted by Crippen LogP contribution is -2.39. The Hall–Kier alpha value is -2.21. The summed E-state index contributed by atoms with van der Waals surface area (Å²) in [5.74, 6) is 2.59. The van der Waals surface area contributed by atoms with Crippen LogP contribution in [0.5, 0.6) is 0 Å². The fourth-order valence-electron chi connectivity index (χ4n) is 3.61. The minimum Gasteiger partial charge on any atom is -0.329 e. The summed E-state index contributed by atoms with van der Waals surface area (Å²) in [5.41, 5.74) is 1.91. The van der Waals surface area contributed by atoms with Gasteiger partial charge in [0.15, 0.2) is 5.82 Å². The van der Waals surface area contributed by atoms with Crippen LogP contribution < -0.4 is 5.32 Å². The summed E-state index contributed by atoms with van der Waals surface area (Å²) in [6, 6.07) is 7.76. The Morgan fingerprint density at radius 3 is 2.62 bits per heavy atom. The van der Waals surface area contributed by atoms with E-state index >= 15 is 0 Å². The number of benzene rings is 1. The van der Waals surface area contributed by atoms with Crippen molar-refractivity contribution in [2.75, 3.05) is 19.6 Å². The minimum absolute atomic E-state index is 0.0765. The Bertz CT molecular complexity index is 730.